The number of rotatable bonds is 4. The van der Waals surface area contributed by atoms with Gasteiger partial charge >= 0.3 is 0 Å². The van der Waals surface area contributed by atoms with E-state index in [0.29, 0.717) is 16.5 Å². The van der Waals surface area contributed by atoms with E-state index in [1.54, 1.807) is 19.2 Å². The number of nitrogens with zero attached hydrogens (tertiary/aromatic N) is 1. The van der Waals surface area contributed by atoms with E-state index in [2.05, 4.69) is 6.07 Å². The molecule has 0 heterocycles. The Bertz CT molecular complexity index is 462. The summed E-state index contributed by atoms with van der Waals surface area (Å²) in [7, 11) is 1.60. The molecule has 0 bridgehead atoms. The van der Waals surface area contributed by atoms with Gasteiger partial charge in [0.1, 0.15) is 0 Å². The van der Waals surface area contributed by atoms with E-state index in [1.807, 2.05) is 0 Å². The van der Waals surface area contributed by atoms with Crippen LogP contribution in [-0.2, 0) is 6.42 Å². The molecule has 18 heavy (non-hydrogen) atoms. The van der Waals surface area contributed by atoms with Crippen LogP contribution in [0, 0.1) is 11.3 Å². The molecule has 1 aliphatic carbocycles. The summed E-state index contributed by atoms with van der Waals surface area (Å²) >= 11 is 6.14. The molecule has 4 heteroatoms. The average molecular weight is 266 g/mol. The maximum absolute atomic E-state index is 8.73. The van der Waals surface area contributed by atoms with Gasteiger partial charge in [0.15, 0.2) is 11.5 Å². The van der Waals surface area contributed by atoms with Crippen molar-refractivity contribution in [3.8, 4) is 17.6 Å². The molecule has 0 spiro atoms. The fraction of sp³-hybridized carbons (Fsp3) is 0.500. The van der Waals surface area contributed by atoms with Crippen molar-refractivity contribution in [3.63, 3.8) is 0 Å². The molecule has 96 valence electrons. The van der Waals surface area contributed by atoms with Crippen molar-refractivity contribution in [3.05, 3.63) is 22.7 Å². The molecule has 0 amide bonds. The van der Waals surface area contributed by atoms with Gasteiger partial charge in [0.05, 0.1) is 25.7 Å². The minimum Gasteiger partial charge on any atom is -0.493 e. The highest BCUT2D eigenvalue weighted by molar-refractivity contribution is 6.31. The number of benzene rings is 1. The Kier molecular flexibility index (Phi) is 4.33. The van der Waals surface area contributed by atoms with Crippen LogP contribution in [0.1, 0.15) is 31.2 Å². The lowest BCUT2D eigenvalue weighted by Crippen LogP contribution is -2.11. The number of ether oxygens (including phenoxy) is 2. The molecule has 2 rings (SSSR count). The van der Waals surface area contributed by atoms with Gasteiger partial charge in [-0.1, -0.05) is 11.6 Å². The zero-order valence-electron chi connectivity index (χ0n) is 10.4. The van der Waals surface area contributed by atoms with Crippen molar-refractivity contribution < 1.29 is 9.47 Å². The predicted molar refractivity (Wildman–Crippen MR) is 70.2 cm³/mol. The standard InChI is InChI=1S/C14H16ClNO2/c1-17-13-8-10(6-7-16)12(15)9-14(13)18-11-4-2-3-5-11/h8-9,11H,2-6H2,1H3. The third kappa shape index (κ3) is 2.88. The highest BCUT2D eigenvalue weighted by Gasteiger charge is 2.19. The first-order valence-electron chi connectivity index (χ1n) is 6.14. The molecule has 0 aromatic heterocycles. The monoisotopic (exact) mass is 265 g/mol. The van der Waals surface area contributed by atoms with Crippen LogP contribution in [-0.4, -0.2) is 13.2 Å². The van der Waals surface area contributed by atoms with Crippen LogP contribution in [0.2, 0.25) is 5.02 Å². The summed E-state index contributed by atoms with van der Waals surface area (Å²) in [4.78, 5) is 0. The summed E-state index contributed by atoms with van der Waals surface area (Å²) in [5.41, 5.74) is 0.773. The van der Waals surface area contributed by atoms with E-state index < -0.39 is 0 Å². The Morgan fingerprint density at radius 1 is 1.33 bits per heavy atom. The second-order valence-electron chi connectivity index (χ2n) is 4.45. The Balaban J connectivity index is 2.23. The molecule has 0 aliphatic heterocycles. The van der Waals surface area contributed by atoms with Crippen LogP contribution < -0.4 is 9.47 Å². The number of hydrogen-bond acceptors (Lipinski definition) is 3. The van der Waals surface area contributed by atoms with Gasteiger partial charge in [0.2, 0.25) is 0 Å². The Labute approximate surface area is 112 Å². The lowest BCUT2D eigenvalue weighted by molar-refractivity contribution is 0.200. The smallest absolute Gasteiger partial charge is 0.163 e. The molecule has 3 nitrogen and oxygen atoms in total. The molecular formula is C14H16ClNO2. The van der Waals surface area contributed by atoms with Crippen LogP contribution >= 0.6 is 11.6 Å². The number of halogens is 1. The zero-order valence-corrected chi connectivity index (χ0v) is 11.2. The second kappa shape index (κ2) is 5.97. The van der Waals surface area contributed by atoms with Crippen molar-refractivity contribution in [2.24, 2.45) is 0 Å². The highest BCUT2D eigenvalue weighted by atomic mass is 35.5. The number of nitriles is 1. The van der Waals surface area contributed by atoms with Crippen LogP contribution in [0.25, 0.3) is 0 Å². The van der Waals surface area contributed by atoms with Crippen LogP contribution in [0.15, 0.2) is 12.1 Å². The minimum absolute atomic E-state index is 0.261. The Hall–Kier alpha value is -1.40. The van der Waals surface area contributed by atoms with Crippen molar-refractivity contribution in [1.29, 1.82) is 5.26 Å². The van der Waals surface area contributed by atoms with Crippen molar-refractivity contribution >= 4 is 11.6 Å². The van der Waals surface area contributed by atoms with Gasteiger partial charge in [-0.25, -0.2) is 0 Å². The molecule has 1 fully saturated rings. The minimum atomic E-state index is 0.261. The van der Waals surface area contributed by atoms with Gasteiger partial charge in [-0.15, -0.1) is 0 Å². The van der Waals surface area contributed by atoms with E-state index in [-0.39, 0.29) is 12.5 Å². The van der Waals surface area contributed by atoms with Gasteiger partial charge in [0.25, 0.3) is 0 Å². The quantitative estimate of drug-likeness (QED) is 0.833. The fourth-order valence-corrected chi connectivity index (χ4v) is 2.46. The van der Waals surface area contributed by atoms with Gasteiger partial charge < -0.3 is 9.47 Å². The maximum Gasteiger partial charge on any atom is 0.163 e. The lowest BCUT2D eigenvalue weighted by atomic mass is 10.1. The second-order valence-corrected chi connectivity index (χ2v) is 4.86. The van der Waals surface area contributed by atoms with E-state index in [4.69, 9.17) is 26.3 Å². The van der Waals surface area contributed by atoms with Crippen LogP contribution in [0.3, 0.4) is 0 Å². The maximum atomic E-state index is 8.73. The van der Waals surface area contributed by atoms with Crippen molar-refractivity contribution in [1.82, 2.24) is 0 Å². The Morgan fingerprint density at radius 2 is 2.06 bits per heavy atom. The zero-order chi connectivity index (χ0) is 13.0. The first-order chi connectivity index (χ1) is 8.74. The van der Waals surface area contributed by atoms with E-state index >= 15 is 0 Å². The topological polar surface area (TPSA) is 42.2 Å². The summed E-state index contributed by atoms with van der Waals surface area (Å²) in [6.07, 6.45) is 5.14. The molecule has 1 saturated carbocycles. The lowest BCUT2D eigenvalue weighted by Gasteiger charge is -2.17. The Morgan fingerprint density at radius 3 is 2.67 bits per heavy atom. The molecule has 1 aliphatic rings. The van der Waals surface area contributed by atoms with Gasteiger partial charge in [-0.05, 0) is 37.3 Å². The first kappa shape index (κ1) is 13.0. The summed E-state index contributed by atoms with van der Waals surface area (Å²) in [5.74, 6) is 1.33. The molecule has 0 N–H and O–H groups in total. The predicted octanol–water partition coefficient (Wildman–Crippen LogP) is 3.74. The SMILES string of the molecule is COc1cc(CC#N)c(Cl)cc1OC1CCCC1. The summed E-state index contributed by atoms with van der Waals surface area (Å²) < 4.78 is 11.2. The molecular weight excluding hydrogens is 250 g/mol. The van der Waals surface area contributed by atoms with Crippen LogP contribution in [0.5, 0.6) is 11.5 Å². The largest absolute Gasteiger partial charge is 0.493 e. The van der Waals surface area contributed by atoms with Crippen LogP contribution in [0.4, 0.5) is 0 Å². The first-order valence-corrected chi connectivity index (χ1v) is 6.52. The summed E-state index contributed by atoms with van der Waals surface area (Å²) in [6, 6.07) is 5.63. The molecule has 1 aromatic rings. The normalized spacial score (nSPS) is 15.4. The summed E-state index contributed by atoms with van der Waals surface area (Å²) in [6.45, 7) is 0. The van der Waals surface area contributed by atoms with Crippen molar-refractivity contribution in [2.75, 3.05) is 7.11 Å². The highest BCUT2D eigenvalue weighted by Crippen LogP contribution is 2.36. The fourth-order valence-electron chi connectivity index (χ4n) is 2.24. The molecule has 1 aromatic carbocycles. The summed E-state index contributed by atoms with van der Waals surface area (Å²) in [5, 5.41) is 9.29. The van der Waals surface area contributed by atoms with Crippen molar-refractivity contribution in [2.45, 2.75) is 38.2 Å². The van der Waals surface area contributed by atoms with E-state index in [0.717, 1.165) is 18.4 Å². The van der Waals surface area contributed by atoms with Gasteiger partial charge in [-0.3, -0.25) is 0 Å². The number of hydrogen-bond donors (Lipinski definition) is 0. The number of methoxy groups -OCH3 is 1. The molecule has 0 radical (unpaired) electrons. The molecule has 0 atom stereocenters. The van der Waals surface area contributed by atoms with Gasteiger partial charge in [-0.2, -0.15) is 5.26 Å². The third-order valence-electron chi connectivity index (χ3n) is 3.20. The van der Waals surface area contributed by atoms with E-state index in [1.165, 1.54) is 12.8 Å². The average Bonchev–Trinajstić information content (AvgIpc) is 2.85. The molecule has 0 saturated heterocycles. The van der Waals surface area contributed by atoms with E-state index in [9.17, 15) is 0 Å². The van der Waals surface area contributed by atoms with Gasteiger partial charge in [0, 0.05) is 11.1 Å². The third-order valence-corrected chi connectivity index (χ3v) is 3.55. The molecule has 0 unspecified atom stereocenters.